The Morgan fingerprint density at radius 1 is 1.24 bits per heavy atom. The van der Waals surface area contributed by atoms with Crippen molar-refractivity contribution in [1.29, 1.82) is 0 Å². The maximum Gasteiger partial charge on any atom is 0.446 e. The van der Waals surface area contributed by atoms with Gasteiger partial charge in [-0.25, -0.2) is 0 Å². The summed E-state index contributed by atoms with van der Waals surface area (Å²) in [4.78, 5) is 14.0. The van der Waals surface area contributed by atoms with Crippen LogP contribution in [0.15, 0.2) is 29.2 Å². The van der Waals surface area contributed by atoms with Crippen LogP contribution in [0.4, 0.5) is 18.9 Å². The van der Waals surface area contributed by atoms with Gasteiger partial charge in [0, 0.05) is 36.8 Å². The van der Waals surface area contributed by atoms with E-state index >= 15 is 0 Å². The van der Waals surface area contributed by atoms with Gasteiger partial charge in [0.25, 0.3) is 0 Å². The fraction of sp³-hybridized carbons (Fsp3) is 0.462. The van der Waals surface area contributed by atoms with Gasteiger partial charge >= 0.3 is 5.51 Å². The molecule has 0 radical (unpaired) electrons. The van der Waals surface area contributed by atoms with Crippen molar-refractivity contribution < 1.29 is 18.0 Å². The topological polar surface area (TPSA) is 44.4 Å². The van der Waals surface area contributed by atoms with Crippen molar-refractivity contribution in [2.45, 2.75) is 10.4 Å². The first-order chi connectivity index (χ1) is 9.92. The number of rotatable bonds is 4. The molecule has 2 rings (SSSR count). The van der Waals surface area contributed by atoms with E-state index in [2.05, 4.69) is 10.6 Å². The van der Waals surface area contributed by atoms with Crippen LogP contribution in [0.1, 0.15) is 0 Å². The lowest BCUT2D eigenvalue weighted by Crippen LogP contribution is -2.46. The van der Waals surface area contributed by atoms with Gasteiger partial charge in [0.05, 0.1) is 6.54 Å². The van der Waals surface area contributed by atoms with Gasteiger partial charge in [-0.15, -0.1) is 0 Å². The van der Waals surface area contributed by atoms with Gasteiger partial charge in [0.1, 0.15) is 0 Å². The van der Waals surface area contributed by atoms with E-state index in [1.54, 1.807) is 0 Å². The highest BCUT2D eigenvalue weighted by molar-refractivity contribution is 8.00. The molecule has 1 fully saturated rings. The minimum Gasteiger partial charge on any atom is -0.325 e. The van der Waals surface area contributed by atoms with Gasteiger partial charge < -0.3 is 10.6 Å². The Morgan fingerprint density at radius 2 is 1.86 bits per heavy atom. The van der Waals surface area contributed by atoms with Crippen LogP contribution in [-0.4, -0.2) is 49.0 Å². The molecule has 0 unspecified atom stereocenters. The number of amides is 1. The highest BCUT2D eigenvalue weighted by Gasteiger charge is 2.29. The average Bonchev–Trinajstić information content (AvgIpc) is 2.40. The Hall–Kier alpha value is -1.25. The molecule has 21 heavy (non-hydrogen) atoms. The van der Waals surface area contributed by atoms with E-state index in [0.29, 0.717) is 12.2 Å². The first kappa shape index (κ1) is 16.1. The van der Waals surface area contributed by atoms with Gasteiger partial charge in [0.15, 0.2) is 0 Å². The first-order valence-corrected chi connectivity index (χ1v) is 7.33. The minimum absolute atomic E-state index is 0.0996. The van der Waals surface area contributed by atoms with Gasteiger partial charge in [-0.3, -0.25) is 9.69 Å². The van der Waals surface area contributed by atoms with E-state index < -0.39 is 5.51 Å². The van der Waals surface area contributed by atoms with E-state index in [0.717, 1.165) is 26.2 Å². The van der Waals surface area contributed by atoms with Crippen molar-refractivity contribution in [2.24, 2.45) is 0 Å². The van der Waals surface area contributed by atoms with Crippen LogP contribution in [0.25, 0.3) is 0 Å². The zero-order chi connectivity index (χ0) is 15.3. The summed E-state index contributed by atoms with van der Waals surface area (Å²) in [5.41, 5.74) is -3.80. The molecular weight excluding hydrogens is 303 g/mol. The smallest absolute Gasteiger partial charge is 0.325 e. The third-order valence-electron chi connectivity index (χ3n) is 2.95. The number of piperazine rings is 1. The summed E-state index contributed by atoms with van der Waals surface area (Å²) in [6.45, 7) is 3.64. The molecule has 1 aromatic carbocycles. The number of benzene rings is 1. The molecule has 1 saturated heterocycles. The Morgan fingerprint density at radius 3 is 2.43 bits per heavy atom. The predicted octanol–water partition coefficient (Wildman–Crippen LogP) is 2.14. The Balaban J connectivity index is 1.83. The summed E-state index contributed by atoms with van der Waals surface area (Å²) in [7, 11) is 0. The molecule has 1 heterocycles. The summed E-state index contributed by atoms with van der Waals surface area (Å²) in [5, 5.41) is 5.88. The molecule has 8 heteroatoms. The molecule has 0 saturated carbocycles. The Kier molecular flexibility index (Phi) is 5.49. The highest BCUT2D eigenvalue weighted by atomic mass is 32.2. The van der Waals surface area contributed by atoms with E-state index in [4.69, 9.17) is 0 Å². The maximum atomic E-state index is 12.2. The normalized spacial score (nSPS) is 16.7. The molecule has 4 nitrogen and oxygen atoms in total. The summed E-state index contributed by atoms with van der Waals surface area (Å²) in [5.74, 6) is -0.159. The van der Waals surface area contributed by atoms with Crippen LogP contribution in [0.2, 0.25) is 0 Å². The summed E-state index contributed by atoms with van der Waals surface area (Å²) in [6, 6.07) is 5.64. The van der Waals surface area contributed by atoms with Crippen LogP contribution in [0, 0.1) is 0 Å². The van der Waals surface area contributed by atoms with E-state index in [1.165, 1.54) is 24.3 Å². The van der Waals surface area contributed by atoms with Gasteiger partial charge in [-0.05, 0) is 36.0 Å². The number of hydrogen-bond acceptors (Lipinski definition) is 4. The third-order valence-corrected chi connectivity index (χ3v) is 3.69. The molecule has 0 spiro atoms. The van der Waals surface area contributed by atoms with Crippen LogP contribution >= 0.6 is 11.8 Å². The lowest BCUT2D eigenvalue weighted by atomic mass is 10.3. The summed E-state index contributed by atoms with van der Waals surface area (Å²) < 4.78 is 36.6. The number of anilines is 1. The molecule has 116 valence electrons. The Labute approximate surface area is 125 Å². The second-order valence-electron chi connectivity index (χ2n) is 4.65. The molecule has 1 aliphatic heterocycles. The van der Waals surface area contributed by atoms with Crippen molar-refractivity contribution in [1.82, 2.24) is 10.2 Å². The highest BCUT2D eigenvalue weighted by Crippen LogP contribution is 2.36. The SMILES string of the molecule is O=C(CN1CCNCC1)Nc1ccc(SC(F)(F)F)cc1. The molecule has 0 bridgehead atoms. The van der Waals surface area contributed by atoms with Crippen LogP contribution < -0.4 is 10.6 Å². The molecule has 2 N–H and O–H groups in total. The van der Waals surface area contributed by atoms with Crippen molar-refractivity contribution in [2.75, 3.05) is 38.0 Å². The number of halogens is 3. The van der Waals surface area contributed by atoms with Crippen LogP contribution in [-0.2, 0) is 4.79 Å². The zero-order valence-electron chi connectivity index (χ0n) is 11.2. The fourth-order valence-electron chi connectivity index (χ4n) is 2.01. The number of nitrogens with one attached hydrogen (secondary N) is 2. The quantitative estimate of drug-likeness (QED) is 0.835. The number of carbonyl (C=O) groups is 1. The number of carbonyl (C=O) groups excluding carboxylic acids is 1. The second kappa shape index (κ2) is 7.15. The van der Waals surface area contributed by atoms with Crippen molar-refractivity contribution in [3.05, 3.63) is 24.3 Å². The van der Waals surface area contributed by atoms with Crippen LogP contribution in [0.5, 0.6) is 0 Å². The predicted molar refractivity (Wildman–Crippen MR) is 76.3 cm³/mol. The fourth-order valence-corrected chi connectivity index (χ4v) is 2.55. The lowest BCUT2D eigenvalue weighted by Gasteiger charge is -2.26. The van der Waals surface area contributed by atoms with Crippen molar-refractivity contribution in [3.8, 4) is 0 Å². The molecule has 0 atom stereocenters. The van der Waals surface area contributed by atoms with Crippen molar-refractivity contribution in [3.63, 3.8) is 0 Å². The maximum absolute atomic E-state index is 12.2. The first-order valence-electron chi connectivity index (χ1n) is 6.51. The zero-order valence-corrected chi connectivity index (χ0v) is 12.1. The standard InChI is InChI=1S/C13H16F3N3OS/c14-13(15,16)21-11-3-1-10(2-4-11)18-12(20)9-19-7-5-17-6-8-19/h1-4,17H,5-9H2,(H,18,20). The minimum atomic E-state index is -4.30. The molecule has 1 aliphatic rings. The van der Waals surface area contributed by atoms with Gasteiger partial charge in [-0.2, -0.15) is 13.2 Å². The largest absolute Gasteiger partial charge is 0.446 e. The van der Waals surface area contributed by atoms with E-state index in [9.17, 15) is 18.0 Å². The van der Waals surface area contributed by atoms with Crippen molar-refractivity contribution >= 4 is 23.4 Å². The Bertz CT molecular complexity index is 473. The number of thioether (sulfide) groups is 1. The summed E-state index contributed by atoms with van der Waals surface area (Å²) in [6.07, 6.45) is 0. The van der Waals surface area contributed by atoms with Crippen LogP contribution in [0.3, 0.4) is 0 Å². The monoisotopic (exact) mass is 319 g/mol. The number of alkyl halides is 3. The molecule has 0 aliphatic carbocycles. The second-order valence-corrected chi connectivity index (χ2v) is 5.78. The molecule has 1 amide bonds. The molecular formula is C13H16F3N3OS. The number of nitrogens with zero attached hydrogens (tertiary/aromatic N) is 1. The lowest BCUT2D eigenvalue weighted by molar-refractivity contribution is -0.117. The summed E-state index contributed by atoms with van der Waals surface area (Å²) >= 11 is -0.171. The number of hydrogen-bond donors (Lipinski definition) is 2. The third kappa shape index (κ3) is 5.94. The van der Waals surface area contributed by atoms with E-state index in [-0.39, 0.29) is 22.6 Å². The molecule has 0 aromatic heterocycles. The molecule has 1 aromatic rings. The van der Waals surface area contributed by atoms with E-state index in [1.807, 2.05) is 4.90 Å². The van der Waals surface area contributed by atoms with Gasteiger partial charge in [0.2, 0.25) is 5.91 Å². The average molecular weight is 319 g/mol. The van der Waals surface area contributed by atoms with Gasteiger partial charge in [-0.1, -0.05) is 0 Å².